The molecule has 0 aliphatic carbocycles. The van der Waals surface area contributed by atoms with Crippen molar-refractivity contribution in [2.45, 2.75) is 6.54 Å². The van der Waals surface area contributed by atoms with Crippen LogP contribution in [0.5, 0.6) is 0 Å². The van der Waals surface area contributed by atoms with E-state index in [0.29, 0.717) is 16.5 Å². The fourth-order valence-electron chi connectivity index (χ4n) is 3.09. The Labute approximate surface area is 175 Å². The van der Waals surface area contributed by atoms with E-state index in [9.17, 15) is 9.59 Å². The summed E-state index contributed by atoms with van der Waals surface area (Å²) in [5, 5.41) is 4.64. The van der Waals surface area contributed by atoms with Gasteiger partial charge in [0.2, 0.25) is 5.95 Å². The maximum absolute atomic E-state index is 13.1. The third kappa shape index (κ3) is 3.50. The van der Waals surface area contributed by atoms with Gasteiger partial charge in [-0.25, -0.2) is 10.2 Å². The van der Waals surface area contributed by atoms with Crippen LogP contribution in [0.1, 0.15) is 11.1 Å². The van der Waals surface area contributed by atoms with Gasteiger partial charge in [-0.05, 0) is 29.3 Å². The van der Waals surface area contributed by atoms with Crippen molar-refractivity contribution in [3.63, 3.8) is 0 Å². The number of aromatic nitrogens is 5. The van der Waals surface area contributed by atoms with Crippen molar-refractivity contribution >= 4 is 34.9 Å². The van der Waals surface area contributed by atoms with Gasteiger partial charge in [0.15, 0.2) is 11.2 Å². The highest BCUT2D eigenvalue weighted by Crippen LogP contribution is 2.17. The molecule has 0 bridgehead atoms. The van der Waals surface area contributed by atoms with Crippen LogP contribution < -0.4 is 16.7 Å². The van der Waals surface area contributed by atoms with Crippen LogP contribution in [0.3, 0.4) is 0 Å². The second-order valence-corrected chi connectivity index (χ2v) is 7.05. The van der Waals surface area contributed by atoms with E-state index in [0.717, 1.165) is 10.1 Å². The molecule has 4 rings (SSSR count). The first-order chi connectivity index (χ1) is 14.5. The van der Waals surface area contributed by atoms with Gasteiger partial charge < -0.3 is 4.57 Å². The summed E-state index contributed by atoms with van der Waals surface area (Å²) in [6.07, 6.45) is 4.93. The van der Waals surface area contributed by atoms with Crippen LogP contribution in [0, 0.1) is 0 Å². The van der Waals surface area contributed by atoms with Crippen LogP contribution >= 0.6 is 11.6 Å². The van der Waals surface area contributed by atoms with Crippen LogP contribution in [0.15, 0.2) is 63.5 Å². The minimum Gasteiger partial charge on any atom is -0.306 e. The fraction of sp³-hybridized carbons (Fsp3) is 0.150. The van der Waals surface area contributed by atoms with Crippen molar-refractivity contribution < 1.29 is 0 Å². The highest BCUT2D eigenvalue weighted by Gasteiger charge is 2.19. The van der Waals surface area contributed by atoms with Gasteiger partial charge in [-0.1, -0.05) is 29.8 Å². The highest BCUT2D eigenvalue weighted by atomic mass is 35.5. The van der Waals surface area contributed by atoms with E-state index < -0.39 is 11.2 Å². The number of hydrogen-bond acceptors (Lipinski definition) is 6. The van der Waals surface area contributed by atoms with Crippen LogP contribution in [-0.2, 0) is 20.6 Å². The SMILES string of the molecule is Cn1c(NN=Cc2ccncc2)nc2c1c(=O)n(Cc1ccccc1Cl)c(=O)n2C. The van der Waals surface area contributed by atoms with Gasteiger partial charge in [0.25, 0.3) is 5.56 Å². The third-order valence-corrected chi connectivity index (χ3v) is 5.10. The lowest BCUT2D eigenvalue weighted by Gasteiger charge is -2.09. The largest absolute Gasteiger partial charge is 0.332 e. The minimum absolute atomic E-state index is 0.0647. The van der Waals surface area contributed by atoms with E-state index in [2.05, 4.69) is 20.5 Å². The van der Waals surface area contributed by atoms with Crippen LogP contribution in [-0.4, -0.2) is 29.9 Å². The quantitative estimate of drug-likeness (QED) is 0.391. The highest BCUT2D eigenvalue weighted by molar-refractivity contribution is 6.31. The van der Waals surface area contributed by atoms with E-state index in [4.69, 9.17) is 11.6 Å². The van der Waals surface area contributed by atoms with Crippen molar-refractivity contribution in [1.82, 2.24) is 23.7 Å². The van der Waals surface area contributed by atoms with Gasteiger partial charge in [-0.15, -0.1) is 0 Å². The summed E-state index contributed by atoms with van der Waals surface area (Å²) in [4.78, 5) is 34.3. The first kappa shape index (κ1) is 19.6. The number of aryl methyl sites for hydroxylation is 2. The zero-order chi connectivity index (χ0) is 21.3. The second kappa shape index (κ2) is 7.96. The van der Waals surface area contributed by atoms with E-state index in [-0.39, 0.29) is 17.7 Å². The summed E-state index contributed by atoms with van der Waals surface area (Å²) in [6.45, 7) is 0.0647. The number of imidazole rings is 1. The number of hydrazone groups is 1. The predicted octanol–water partition coefficient (Wildman–Crippen LogP) is 1.98. The van der Waals surface area contributed by atoms with Crippen molar-refractivity contribution in [3.8, 4) is 0 Å². The van der Waals surface area contributed by atoms with Crippen molar-refractivity contribution in [1.29, 1.82) is 0 Å². The molecule has 1 aromatic carbocycles. The lowest BCUT2D eigenvalue weighted by Crippen LogP contribution is -2.39. The normalized spacial score (nSPS) is 11.4. The maximum atomic E-state index is 13.1. The Morgan fingerprint density at radius 2 is 1.83 bits per heavy atom. The molecule has 0 spiro atoms. The number of rotatable bonds is 5. The molecule has 1 N–H and O–H groups in total. The second-order valence-electron chi connectivity index (χ2n) is 6.64. The maximum Gasteiger partial charge on any atom is 0.332 e. The molecule has 9 nitrogen and oxygen atoms in total. The van der Waals surface area contributed by atoms with Gasteiger partial charge >= 0.3 is 5.69 Å². The zero-order valence-electron chi connectivity index (χ0n) is 16.3. The Morgan fingerprint density at radius 3 is 2.57 bits per heavy atom. The molecule has 0 aliphatic rings. The Kier molecular flexibility index (Phi) is 5.20. The molecule has 152 valence electrons. The molecule has 0 atom stereocenters. The molecule has 30 heavy (non-hydrogen) atoms. The van der Waals surface area contributed by atoms with Crippen LogP contribution in [0.25, 0.3) is 11.2 Å². The summed E-state index contributed by atoms with van der Waals surface area (Å²) < 4.78 is 4.06. The average Bonchev–Trinajstić information content (AvgIpc) is 3.08. The summed E-state index contributed by atoms with van der Waals surface area (Å²) in [6, 6.07) is 10.7. The molecule has 0 amide bonds. The number of nitrogens with one attached hydrogen (secondary N) is 1. The van der Waals surface area contributed by atoms with Crippen LogP contribution in [0.4, 0.5) is 5.95 Å². The monoisotopic (exact) mass is 423 g/mol. The fourth-order valence-corrected chi connectivity index (χ4v) is 3.29. The number of pyridine rings is 1. The zero-order valence-corrected chi connectivity index (χ0v) is 17.0. The number of benzene rings is 1. The van der Waals surface area contributed by atoms with Crippen molar-refractivity contribution in [2.75, 3.05) is 5.43 Å². The molecule has 0 unspecified atom stereocenters. The standard InChI is InChI=1S/C20H18ClN7O2/c1-26-16-17(24-19(26)25-23-11-13-7-9-22-10-8-13)27(2)20(30)28(18(16)29)12-14-5-3-4-6-15(14)21/h3-11H,12H2,1-2H3,(H,24,25). The Morgan fingerprint density at radius 1 is 1.10 bits per heavy atom. The van der Waals surface area contributed by atoms with Crippen LogP contribution in [0.2, 0.25) is 5.02 Å². The molecule has 0 fully saturated rings. The summed E-state index contributed by atoms with van der Waals surface area (Å²) in [7, 11) is 3.26. The predicted molar refractivity (Wildman–Crippen MR) is 116 cm³/mol. The molecule has 0 radical (unpaired) electrons. The molecule has 10 heteroatoms. The number of fused-ring (bicyclic) bond motifs is 1. The first-order valence-electron chi connectivity index (χ1n) is 9.06. The number of nitrogens with zero attached hydrogens (tertiary/aromatic N) is 6. The molecule has 0 saturated carbocycles. The van der Waals surface area contributed by atoms with Gasteiger partial charge in [0.1, 0.15) is 0 Å². The molecular formula is C20H18ClN7O2. The third-order valence-electron chi connectivity index (χ3n) is 4.73. The van der Waals surface area contributed by atoms with Gasteiger partial charge in [-0.2, -0.15) is 10.1 Å². The summed E-state index contributed by atoms with van der Waals surface area (Å²) in [5.74, 6) is 0.331. The molecule has 0 aliphatic heterocycles. The van der Waals surface area contributed by atoms with Gasteiger partial charge in [0.05, 0.1) is 12.8 Å². The lowest BCUT2D eigenvalue weighted by molar-refractivity contribution is 0.655. The average molecular weight is 424 g/mol. The van der Waals surface area contributed by atoms with E-state index >= 15 is 0 Å². The number of halogens is 1. The number of anilines is 1. The smallest absolute Gasteiger partial charge is 0.306 e. The molecule has 3 heterocycles. The van der Waals surface area contributed by atoms with Gasteiger partial charge in [-0.3, -0.25) is 18.9 Å². The summed E-state index contributed by atoms with van der Waals surface area (Å²) >= 11 is 6.21. The Balaban J connectivity index is 1.76. The minimum atomic E-state index is -0.475. The van der Waals surface area contributed by atoms with Crippen molar-refractivity contribution in [3.05, 3.63) is 85.8 Å². The van der Waals surface area contributed by atoms with E-state index in [1.807, 2.05) is 6.07 Å². The Hall–Kier alpha value is -3.72. The van der Waals surface area contributed by atoms with Gasteiger partial charge in [0, 0.05) is 31.5 Å². The molecule has 4 aromatic rings. The summed E-state index contributed by atoms with van der Waals surface area (Å²) in [5.41, 5.74) is 3.98. The lowest BCUT2D eigenvalue weighted by atomic mass is 10.2. The molecule has 3 aromatic heterocycles. The van der Waals surface area contributed by atoms with Crippen molar-refractivity contribution in [2.24, 2.45) is 19.2 Å². The molecule has 0 saturated heterocycles. The Bertz CT molecular complexity index is 1370. The molecular weight excluding hydrogens is 406 g/mol. The number of hydrogen-bond donors (Lipinski definition) is 1. The topological polar surface area (TPSA) is 99.1 Å². The van der Waals surface area contributed by atoms with E-state index in [1.54, 1.807) is 67.6 Å². The first-order valence-corrected chi connectivity index (χ1v) is 9.44. The van der Waals surface area contributed by atoms with E-state index in [1.165, 1.54) is 4.57 Å².